The fourth-order valence-electron chi connectivity index (χ4n) is 2.51. The van der Waals surface area contributed by atoms with E-state index < -0.39 is 0 Å². The number of hydrogen-bond acceptors (Lipinski definition) is 2. The molecular weight excluding hydrogens is 276 g/mol. The zero-order valence-corrected chi connectivity index (χ0v) is 13.3. The van der Waals surface area contributed by atoms with Gasteiger partial charge in [0.1, 0.15) is 37.7 Å². The van der Waals surface area contributed by atoms with E-state index in [1.807, 2.05) is 38.1 Å². The second-order valence-electron chi connectivity index (χ2n) is 5.83. The summed E-state index contributed by atoms with van der Waals surface area (Å²) in [5.74, 6) is 0.742. The highest BCUT2D eigenvalue weighted by Gasteiger charge is 2.05. The molecular formula is C18H26N2O2+2. The van der Waals surface area contributed by atoms with Gasteiger partial charge in [0.15, 0.2) is 0 Å². The van der Waals surface area contributed by atoms with Crippen molar-refractivity contribution >= 4 is 0 Å². The predicted molar refractivity (Wildman–Crippen MR) is 86.7 cm³/mol. The summed E-state index contributed by atoms with van der Waals surface area (Å²) >= 11 is 0. The van der Waals surface area contributed by atoms with Gasteiger partial charge in [0.2, 0.25) is 0 Å². The lowest BCUT2D eigenvalue weighted by molar-refractivity contribution is -0.738. The quantitative estimate of drug-likeness (QED) is 0.564. The maximum absolute atomic E-state index is 9.79. The lowest BCUT2D eigenvalue weighted by Gasteiger charge is -2.06. The number of rotatable bonds is 7. The molecule has 118 valence electrons. The Morgan fingerprint density at radius 3 is 1.55 bits per heavy atom. The highest BCUT2D eigenvalue weighted by molar-refractivity contribution is 5.35. The molecule has 0 unspecified atom stereocenters. The fraction of sp³-hybridized carbons (Fsp3) is 0.333. The van der Waals surface area contributed by atoms with Crippen molar-refractivity contribution in [2.24, 2.45) is 0 Å². The topological polar surface area (TPSA) is 73.7 Å². The summed E-state index contributed by atoms with van der Waals surface area (Å²) in [6.45, 7) is 7.59. The van der Waals surface area contributed by atoms with Crippen LogP contribution < -0.4 is 10.6 Å². The maximum Gasteiger partial charge on any atom is 0.125 e. The Morgan fingerprint density at radius 1 is 0.727 bits per heavy atom. The van der Waals surface area contributed by atoms with Crippen molar-refractivity contribution in [2.75, 3.05) is 13.1 Å². The summed E-state index contributed by atoms with van der Waals surface area (Å²) in [4.78, 5) is 0. The minimum absolute atomic E-state index is 0.371. The summed E-state index contributed by atoms with van der Waals surface area (Å²) in [6.07, 6.45) is 0. The van der Waals surface area contributed by atoms with Crippen molar-refractivity contribution in [2.45, 2.75) is 26.9 Å². The second kappa shape index (κ2) is 7.82. The van der Waals surface area contributed by atoms with Crippen molar-refractivity contribution in [3.63, 3.8) is 0 Å². The molecule has 0 radical (unpaired) electrons. The molecule has 0 aliphatic carbocycles. The van der Waals surface area contributed by atoms with Gasteiger partial charge in [-0.3, -0.25) is 0 Å². The first-order valence-electron chi connectivity index (χ1n) is 7.76. The Labute approximate surface area is 131 Å². The van der Waals surface area contributed by atoms with Gasteiger partial charge in [-0.2, -0.15) is 0 Å². The van der Waals surface area contributed by atoms with Crippen molar-refractivity contribution < 1.29 is 20.8 Å². The van der Waals surface area contributed by atoms with E-state index in [2.05, 4.69) is 10.6 Å². The molecule has 0 aromatic heterocycles. The van der Waals surface area contributed by atoms with Crippen LogP contribution in [0.3, 0.4) is 0 Å². The van der Waals surface area contributed by atoms with Crippen LogP contribution in [0.5, 0.6) is 11.5 Å². The number of aromatic hydroxyl groups is 2. The smallest absolute Gasteiger partial charge is 0.125 e. The van der Waals surface area contributed by atoms with Crippen molar-refractivity contribution in [1.82, 2.24) is 0 Å². The molecule has 6 N–H and O–H groups in total. The zero-order valence-electron chi connectivity index (χ0n) is 13.3. The third-order valence-corrected chi connectivity index (χ3v) is 3.77. The predicted octanol–water partition coefficient (Wildman–Crippen LogP) is 0.542. The number of nitrogens with two attached hydrogens (primary N) is 2. The SMILES string of the molecule is Cc1ccc(O)c(C[NH2+]CC[NH2+]Cc2cc(C)ccc2O)c1. The molecule has 0 heterocycles. The van der Waals surface area contributed by atoms with E-state index >= 15 is 0 Å². The maximum atomic E-state index is 9.79. The molecule has 0 saturated heterocycles. The molecule has 0 fully saturated rings. The fourth-order valence-corrected chi connectivity index (χ4v) is 2.51. The molecule has 0 saturated carbocycles. The molecule has 2 aromatic carbocycles. The molecule has 0 bridgehead atoms. The molecule has 0 aliphatic rings. The van der Waals surface area contributed by atoms with Gasteiger partial charge in [-0.15, -0.1) is 0 Å². The Hall–Kier alpha value is -2.04. The number of quaternary nitrogens is 2. The van der Waals surface area contributed by atoms with Gasteiger partial charge < -0.3 is 20.8 Å². The first-order chi connectivity index (χ1) is 10.6. The summed E-state index contributed by atoms with van der Waals surface area (Å²) in [5.41, 5.74) is 4.30. The summed E-state index contributed by atoms with van der Waals surface area (Å²) in [5, 5.41) is 24.0. The van der Waals surface area contributed by atoms with Gasteiger partial charge >= 0.3 is 0 Å². The Balaban J connectivity index is 1.69. The summed E-state index contributed by atoms with van der Waals surface area (Å²) in [7, 11) is 0. The molecule has 22 heavy (non-hydrogen) atoms. The minimum atomic E-state index is 0.371. The second-order valence-corrected chi connectivity index (χ2v) is 5.83. The van der Waals surface area contributed by atoms with Crippen LogP contribution in [0.1, 0.15) is 22.3 Å². The minimum Gasteiger partial charge on any atom is -0.507 e. The Bertz CT molecular complexity index is 571. The van der Waals surface area contributed by atoms with Crippen LogP contribution in [0.4, 0.5) is 0 Å². The number of phenolic OH excluding ortho intramolecular Hbond substituents is 2. The average Bonchev–Trinajstić information content (AvgIpc) is 2.49. The molecule has 2 aromatic rings. The molecule has 2 rings (SSSR count). The number of hydrogen-bond donors (Lipinski definition) is 4. The molecule has 4 heteroatoms. The molecule has 0 aliphatic heterocycles. The van der Waals surface area contributed by atoms with Gasteiger partial charge in [-0.05, 0) is 38.1 Å². The lowest BCUT2D eigenvalue weighted by Crippen LogP contribution is -2.93. The standard InChI is InChI=1S/C18H24N2O2/c1-13-3-5-17(21)15(9-13)11-19-7-8-20-12-16-10-14(2)4-6-18(16)22/h3-6,9-10,19-22H,7-8,11-12H2,1-2H3/p+2. The van der Waals surface area contributed by atoms with E-state index in [1.54, 1.807) is 12.1 Å². The van der Waals surface area contributed by atoms with E-state index in [0.29, 0.717) is 11.5 Å². The van der Waals surface area contributed by atoms with Crippen molar-refractivity contribution in [1.29, 1.82) is 0 Å². The molecule has 0 spiro atoms. The number of phenols is 2. The van der Waals surface area contributed by atoms with E-state index in [1.165, 1.54) is 11.1 Å². The van der Waals surface area contributed by atoms with Crippen molar-refractivity contribution in [3.05, 3.63) is 58.7 Å². The van der Waals surface area contributed by atoms with Gasteiger partial charge in [0, 0.05) is 11.1 Å². The third-order valence-electron chi connectivity index (χ3n) is 3.77. The summed E-state index contributed by atoms with van der Waals surface area (Å²) in [6, 6.07) is 11.4. The van der Waals surface area contributed by atoms with Crippen LogP contribution in [0, 0.1) is 13.8 Å². The first kappa shape index (κ1) is 16.3. The van der Waals surface area contributed by atoms with Gasteiger partial charge in [-0.25, -0.2) is 0 Å². The van der Waals surface area contributed by atoms with E-state index in [4.69, 9.17) is 0 Å². The van der Waals surface area contributed by atoms with Crippen molar-refractivity contribution in [3.8, 4) is 11.5 Å². The highest BCUT2D eigenvalue weighted by atomic mass is 16.3. The first-order valence-corrected chi connectivity index (χ1v) is 7.76. The zero-order chi connectivity index (χ0) is 15.9. The Morgan fingerprint density at radius 2 is 1.14 bits per heavy atom. The van der Waals surface area contributed by atoms with E-state index in [0.717, 1.165) is 37.3 Å². The van der Waals surface area contributed by atoms with Gasteiger partial charge in [0.05, 0.1) is 0 Å². The highest BCUT2D eigenvalue weighted by Crippen LogP contribution is 2.17. The normalized spacial score (nSPS) is 10.8. The van der Waals surface area contributed by atoms with Crippen LogP contribution in [0.15, 0.2) is 36.4 Å². The molecule has 0 atom stereocenters. The van der Waals surface area contributed by atoms with E-state index in [9.17, 15) is 10.2 Å². The van der Waals surface area contributed by atoms with Gasteiger partial charge in [-0.1, -0.05) is 23.3 Å². The molecule has 4 nitrogen and oxygen atoms in total. The number of benzene rings is 2. The number of aryl methyl sites for hydroxylation is 2. The van der Waals surface area contributed by atoms with Crippen LogP contribution in [-0.2, 0) is 13.1 Å². The average molecular weight is 302 g/mol. The van der Waals surface area contributed by atoms with E-state index in [-0.39, 0.29) is 0 Å². The lowest BCUT2D eigenvalue weighted by atomic mass is 10.1. The third kappa shape index (κ3) is 4.76. The Kier molecular flexibility index (Phi) is 5.81. The largest absolute Gasteiger partial charge is 0.507 e. The van der Waals surface area contributed by atoms with Crippen LogP contribution >= 0.6 is 0 Å². The van der Waals surface area contributed by atoms with Gasteiger partial charge in [0.25, 0.3) is 0 Å². The molecule has 0 amide bonds. The van der Waals surface area contributed by atoms with Crippen LogP contribution in [0.25, 0.3) is 0 Å². The summed E-state index contributed by atoms with van der Waals surface area (Å²) < 4.78 is 0. The van der Waals surface area contributed by atoms with Crippen LogP contribution in [-0.4, -0.2) is 23.3 Å². The monoisotopic (exact) mass is 302 g/mol. The van der Waals surface area contributed by atoms with Crippen LogP contribution in [0.2, 0.25) is 0 Å².